The average molecular weight is 299 g/mol. The maximum atomic E-state index is 12.1. The fraction of sp³-hybridized carbons (Fsp3) is 0.278. The molecular weight excluding hydrogens is 278 g/mol. The van der Waals surface area contributed by atoms with E-state index >= 15 is 0 Å². The number of hydrogen-bond donors (Lipinski definition) is 1. The van der Waals surface area contributed by atoms with Gasteiger partial charge < -0.3 is 5.32 Å². The molecule has 1 amide bonds. The molecule has 0 unspecified atom stereocenters. The molecule has 0 bridgehead atoms. The molecule has 110 valence electrons. The number of para-hydroxylation sites is 1. The van der Waals surface area contributed by atoms with Crippen LogP contribution in [0.2, 0.25) is 0 Å². The van der Waals surface area contributed by atoms with Gasteiger partial charge in [-0.1, -0.05) is 35.9 Å². The third-order valence-corrected chi connectivity index (χ3v) is 4.61. The van der Waals surface area contributed by atoms with Gasteiger partial charge in [0.2, 0.25) is 5.91 Å². The van der Waals surface area contributed by atoms with Crippen LogP contribution in [0.25, 0.3) is 0 Å². The summed E-state index contributed by atoms with van der Waals surface area (Å²) < 4.78 is 0. The zero-order valence-corrected chi connectivity index (χ0v) is 13.8. The monoisotopic (exact) mass is 299 g/mol. The van der Waals surface area contributed by atoms with E-state index in [0.29, 0.717) is 5.75 Å². The second-order valence-electron chi connectivity index (χ2n) is 5.37. The normalized spacial score (nSPS) is 10.5. The summed E-state index contributed by atoms with van der Waals surface area (Å²) in [6.45, 7) is 8.19. The molecule has 2 rings (SSSR count). The summed E-state index contributed by atoms with van der Waals surface area (Å²) in [7, 11) is 0. The van der Waals surface area contributed by atoms with Gasteiger partial charge in [0.15, 0.2) is 0 Å². The van der Waals surface area contributed by atoms with Gasteiger partial charge in [0.25, 0.3) is 0 Å². The highest BCUT2D eigenvalue weighted by Gasteiger charge is 2.08. The van der Waals surface area contributed by atoms with Gasteiger partial charge in [-0.25, -0.2) is 0 Å². The lowest BCUT2D eigenvalue weighted by Crippen LogP contribution is -2.15. The predicted molar refractivity (Wildman–Crippen MR) is 91.2 cm³/mol. The highest BCUT2D eigenvalue weighted by molar-refractivity contribution is 8.00. The van der Waals surface area contributed by atoms with Crippen LogP contribution in [-0.2, 0) is 4.79 Å². The van der Waals surface area contributed by atoms with Crippen molar-refractivity contribution in [2.45, 2.75) is 32.6 Å². The Kier molecular flexibility index (Phi) is 5.07. The van der Waals surface area contributed by atoms with Gasteiger partial charge >= 0.3 is 0 Å². The van der Waals surface area contributed by atoms with Crippen molar-refractivity contribution >= 4 is 23.4 Å². The lowest BCUT2D eigenvalue weighted by molar-refractivity contribution is -0.113. The number of benzene rings is 2. The Balaban J connectivity index is 1.99. The lowest BCUT2D eigenvalue weighted by atomic mass is 10.1. The van der Waals surface area contributed by atoms with Gasteiger partial charge in [-0.3, -0.25) is 4.79 Å². The Morgan fingerprint density at radius 1 is 1.00 bits per heavy atom. The predicted octanol–water partition coefficient (Wildman–Crippen LogP) is 4.65. The van der Waals surface area contributed by atoms with Crippen LogP contribution in [0.4, 0.5) is 5.69 Å². The van der Waals surface area contributed by atoms with E-state index in [1.807, 2.05) is 32.0 Å². The summed E-state index contributed by atoms with van der Waals surface area (Å²) in [5.41, 5.74) is 5.60. The fourth-order valence-electron chi connectivity index (χ4n) is 2.29. The van der Waals surface area contributed by atoms with Gasteiger partial charge in [-0.2, -0.15) is 0 Å². The molecule has 0 spiro atoms. The standard InChI is InChI=1S/C18H21NOS/c1-12-8-9-16(15(4)10-12)21-11-17(20)19-18-13(2)6-5-7-14(18)3/h5-10H,11H2,1-4H3,(H,19,20). The molecule has 0 heterocycles. The Morgan fingerprint density at radius 2 is 1.67 bits per heavy atom. The van der Waals surface area contributed by atoms with Crippen LogP contribution in [0, 0.1) is 27.7 Å². The van der Waals surface area contributed by atoms with Gasteiger partial charge in [0.05, 0.1) is 5.75 Å². The molecule has 21 heavy (non-hydrogen) atoms. The Hall–Kier alpha value is -1.74. The van der Waals surface area contributed by atoms with Crippen LogP contribution in [-0.4, -0.2) is 11.7 Å². The van der Waals surface area contributed by atoms with Crippen LogP contribution >= 0.6 is 11.8 Å². The minimum Gasteiger partial charge on any atom is -0.325 e. The molecule has 3 heteroatoms. The molecule has 0 saturated carbocycles. The minimum atomic E-state index is 0.0392. The van der Waals surface area contributed by atoms with Gasteiger partial charge in [-0.15, -0.1) is 11.8 Å². The quantitative estimate of drug-likeness (QED) is 0.833. The number of anilines is 1. The number of carbonyl (C=O) groups is 1. The summed E-state index contributed by atoms with van der Waals surface area (Å²) >= 11 is 1.58. The first-order chi connectivity index (χ1) is 9.97. The molecule has 0 saturated heterocycles. The highest BCUT2D eigenvalue weighted by atomic mass is 32.2. The van der Waals surface area contributed by atoms with Gasteiger partial charge in [0, 0.05) is 10.6 Å². The van der Waals surface area contributed by atoms with E-state index in [4.69, 9.17) is 0 Å². The summed E-state index contributed by atoms with van der Waals surface area (Å²) in [4.78, 5) is 13.3. The summed E-state index contributed by atoms with van der Waals surface area (Å²) in [6, 6.07) is 12.3. The second-order valence-corrected chi connectivity index (χ2v) is 6.39. The van der Waals surface area contributed by atoms with Crippen molar-refractivity contribution in [3.05, 3.63) is 58.7 Å². The average Bonchev–Trinajstić information content (AvgIpc) is 2.42. The molecule has 0 aliphatic heterocycles. The number of rotatable bonds is 4. The first-order valence-electron chi connectivity index (χ1n) is 7.03. The van der Waals surface area contributed by atoms with E-state index in [0.717, 1.165) is 21.7 Å². The van der Waals surface area contributed by atoms with Crippen molar-refractivity contribution in [2.75, 3.05) is 11.1 Å². The molecule has 0 fully saturated rings. The number of carbonyl (C=O) groups excluding carboxylic acids is 1. The Morgan fingerprint density at radius 3 is 2.29 bits per heavy atom. The van der Waals surface area contributed by atoms with E-state index in [1.54, 1.807) is 11.8 Å². The molecule has 0 aromatic heterocycles. The zero-order valence-electron chi connectivity index (χ0n) is 13.0. The van der Waals surface area contributed by atoms with Crippen molar-refractivity contribution < 1.29 is 4.79 Å². The third kappa shape index (κ3) is 4.11. The third-order valence-electron chi connectivity index (χ3n) is 3.43. The van der Waals surface area contributed by atoms with E-state index in [2.05, 4.69) is 37.4 Å². The van der Waals surface area contributed by atoms with Crippen LogP contribution in [0.15, 0.2) is 41.3 Å². The van der Waals surface area contributed by atoms with Crippen LogP contribution in [0.5, 0.6) is 0 Å². The molecule has 0 aliphatic carbocycles. The SMILES string of the molecule is Cc1ccc(SCC(=O)Nc2c(C)cccc2C)c(C)c1. The van der Waals surface area contributed by atoms with E-state index in [1.165, 1.54) is 11.1 Å². The fourth-order valence-corrected chi connectivity index (χ4v) is 3.10. The Bertz CT molecular complexity index is 644. The number of amides is 1. The van der Waals surface area contributed by atoms with E-state index < -0.39 is 0 Å². The van der Waals surface area contributed by atoms with Crippen LogP contribution in [0.1, 0.15) is 22.3 Å². The van der Waals surface area contributed by atoms with E-state index in [9.17, 15) is 4.79 Å². The summed E-state index contributed by atoms with van der Waals surface area (Å²) in [5, 5.41) is 3.02. The molecule has 1 N–H and O–H groups in total. The largest absolute Gasteiger partial charge is 0.325 e. The highest BCUT2D eigenvalue weighted by Crippen LogP contribution is 2.24. The number of nitrogens with one attached hydrogen (secondary N) is 1. The summed E-state index contributed by atoms with van der Waals surface area (Å²) in [6.07, 6.45) is 0. The number of aryl methyl sites for hydroxylation is 4. The smallest absolute Gasteiger partial charge is 0.234 e. The zero-order chi connectivity index (χ0) is 15.4. The minimum absolute atomic E-state index is 0.0392. The maximum Gasteiger partial charge on any atom is 0.234 e. The number of hydrogen-bond acceptors (Lipinski definition) is 2. The van der Waals surface area contributed by atoms with Crippen molar-refractivity contribution in [3.8, 4) is 0 Å². The molecule has 2 aromatic rings. The molecule has 2 aromatic carbocycles. The summed E-state index contributed by atoms with van der Waals surface area (Å²) in [5.74, 6) is 0.467. The van der Waals surface area contributed by atoms with Gasteiger partial charge in [0.1, 0.15) is 0 Å². The molecule has 0 aliphatic rings. The van der Waals surface area contributed by atoms with Crippen molar-refractivity contribution in [2.24, 2.45) is 0 Å². The Labute approximate surface area is 131 Å². The van der Waals surface area contributed by atoms with Crippen LogP contribution < -0.4 is 5.32 Å². The molecular formula is C18H21NOS. The second kappa shape index (κ2) is 6.81. The lowest BCUT2D eigenvalue weighted by Gasteiger charge is -2.12. The molecule has 0 radical (unpaired) electrons. The van der Waals surface area contributed by atoms with Crippen molar-refractivity contribution in [1.29, 1.82) is 0 Å². The van der Waals surface area contributed by atoms with E-state index in [-0.39, 0.29) is 5.91 Å². The molecule has 2 nitrogen and oxygen atoms in total. The topological polar surface area (TPSA) is 29.1 Å². The van der Waals surface area contributed by atoms with Crippen LogP contribution in [0.3, 0.4) is 0 Å². The first-order valence-corrected chi connectivity index (χ1v) is 8.02. The first kappa shape index (κ1) is 15.6. The van der Waals surface area contributed by atoms with Crippen molar-refractivity contribution in [3.63, 3.8) is 0 Å². The number of thioether (sulfide) groups is 1. The maximum absolute atomic E-state index is 12.1. The molecule has 0 atom stereocenters. The van der Waals surface area contributed by atoms with Gasteiger partial charge in [-0.05, 0) is 50.5 Å². The van der Waals surface area contributed by atoms with Crippen molar-refractivity contribution in [1.82, 2.24) is 0 Å².